The fraction of sp³-hybridized carbons (Fsp3) is 0.429. The second kappa shape index (κ2) is 8.29. The first-order valence-corrected chi connectivity index (χ1v) is 6.37. The standard InChI is InChI=1S/C14H17F2N3O2/c1-9(14(20)18-3-4-21-2)19-8-11-12(15)5-10(7-17)6-13(11)16/h5-6,9,19H,3-4,8H2,1-2H3,(H,18,20). The maximum Gasteiger partial charge on any atom is 0.236 e. The molecule has 0 heterocycles. The van der Waals surface area contributed by atoms with E-state index in [1.54, 1.807) is 13.0 Å². The predicted octanol–water partition coefficient (Wildman–Crippen LogP) is 1.08. The number of rotatable bonds is 7. The average molecular weight is 297 g/mol. The van der Waals surface area contributed by atoms with Crippen molar-refractivity contribution in [3.05, 3.63) is 34.9 Å². The number of nitriles is 1. The number of nitrogens with one attached hydrogen (secondary N) is 2. The van der Waals surface area contributed by atoms with E-state index in [-0.39, 0.29) is 23.6 Å². The molecule has 7 heteroatoms. The summed E-state index contributed by atoms with van der Waals surface area (Å²) in [5.74, 6) is -1.92. The highest BCUT2D eigenvalue weighted by molar-refractivity contribution is 5.81. The second-order valence-electron chi connectivity index (χ2n) is 4.42. The average Bonchev–Trinajstić information content (AvgIpc) is 2.45. The van der Waals surface area contributed by atoms with E-state index in [0.29, 0.717) is 13.2 Å². The third kappa shape index (κ3) is 5.10. The van der Waals surface area contributed by atoms with Crippen molar-refractivity contribution in [1.29, 1.82) is 5.26 Å². The van der Waals surface area contributed by atoms with Gasteiger partial charge in [0.25, 0.3) is 0 Å². The van der Waals surface area contributed by atoms with E-state index in [2.05, 4.69) is 10.6 Å². The molecule has 1 amide bonds. The molecule has 0 spiro atoms. The maximum atomic E-state index is 13.6. The Morgan fingerprint density at radius 2 is 2.05 bits per heavy atom. The predicted molar refractivity (Wildman–Crippen MR) is 72.3 cm³/mol. The van der Waals surface area contributed by atoms with Crippen LogP contribution >= 0.6 is 0 Å². The molecule has 0 bridgehead atoms. The van der Waals surface area contributed by atoms with Crippen molar-refractivity contribution in [2.45, 2.75) is 19.5 Å². The molecule has 0 fully saturated rings. The van der Waals surface area contributed by atoms with Crippen LogP contribution in [0.5, 0.6) is 0 Å². The third-order valence-corrected chi connectivity index (χ3v) is 2.85. The van der Waals surface area contributed by atoms with Crippen LogP contribution in [0, 0.1) is 23.0 Å². The molecule has 1 atom stereocenters. The maximum absolute atomic E-state index is 13.6. The van der Waals surface area contributed by atoms with Crippen molar-refractivity contribution in [2.75, 3.05) is 20.3 Å². The van der Waals surface area contributed by atoms with Gasteiger partial charge in [0.1, 0.15) is 11.6 Å². The smallest absolute Gasteiger partial charge is 0.236 e. The number of hydrogen-bond acceptors (Lipinski definition) is 4. The molecule has 1 unspecified atom stereocenters. The molecule has 1 aromatic carbocycles. The van der Waals surface area contributed by atoms with Crippen molar-refractivity contribution in [2.24, 2.45) is 0 Å². The SMILES string of the molecule is COCCNC(=O)C(C)NCc1c(F)cc(C#N)cc1F. The van der Waals surface area contributed by atoms with Crippen molar-refractivity contribution in [3.8, 4) is 6.07 Å². The molecule has 114 valence electrons. The van der Waals surface area contributed by atoms with E-state index >= 15 is 0 Å². The topological polar surface area (TPSA) is 74.2 Å². The summed E-state index contributed by atoms with van der Waals surface area (Å²) in [5, 5.41) is 13.9. The lowest BCUT2D eigenvalue weighted by Crippen LogP contribution is -2.43. The normalized spacial score (nSPS) is 11.8. The van der Waals surface area contributed by atoms with E-state index < -0.39 is 17.7 Å². The zero-order valence-corrected chi connectivity index (χ0v) is 11.9. The van der Waals surface area contributed by atoms with Gasteiger partial charge in [0.15, 0.2) is 0 Å². The van der Waals surface area contributed by atoms with Gasteiger partial charge in [0.05, 0.1) is 24.3 Å². The van der Waals surface area contributed by atoms with Gasteiger partial charge in [-0.1, -0.05) is 0 Å². The van der Waals surface area contributed by atoms with Gasteiger partial charge in [-0.2, -0.15) is 5.26 Å². The van der Waals surface area contributed by atoms with Crippen LogP contribution < -0.4 is 10.6 Å². The molecule has 5 nitrogen and oxygen atoms in total. The summed E-state index contributed by atoms with van der Waals surface area (Å²) in [5.41, 5.74) is -0.287. The molecule has 1 rings (SSSR count). The quantitative estimate of drug-likeness (QED) is 0.739. The van der Waals surface area contributed by atoms with E-state index in [1.807, 2.05) is 0 Å². The lowest BCUT2D eigenvalue weighted by molar-refractivity contribution is -0.123. The van der Waals surface area contributed by atoms with Crippen LogP contribution in [0.25, 0.3) is 0 Å². The van der Waals surface area contributed by atoms with E-state index in [1.165, 1.54) is 7.11 Å². The molecular weight excluding hydrogens is 280 g/mol. The van der Waals surface area contributed by atoms with Gasteiger partial charge in [-0.25, -0.2) is 8.78 Å². The van der Waals surface area contributed by atoms with Crippen LogP contribution in [0.15, 0.2) is 12.1 Å². The Hall–Kier alpha value is -2.04. The minimum Gasteiger partial charge on any atom is -0.383 e. The molecule has 1 aromatic rings. The summed E-state index contributed by atoms with van der Waals surface area (Å²) < 4.78 is 32.1. The van der Waals surface area contributed by atoms with Gasteiger partial charge >= 0.3 is 0 Å². The Morgan fingerprint density at radius 3 is 2.57 bits per heavy atom. The molecule has 0 saturated carbocycles. The largest absolute Gasteiger partial charge is 0.383 e. The summed E-state index contributed by atoms with van der Waals surface area (Å²) in [7, 11) is 1.52. The Morgan fingerprint density at radius 1 is 1.43 bits per heavy atom. The third-order valence-electron chi connectivity index (χ3n) is 2.85. The van der Waals surface area contributed by atoms with Crippen LogP contribution in [0.3, 0.4) is 0 Å². The van der Waals surface area contributed by atoms with E-state index in [9.17, 15) is 13.6 Å². The summed E-state index contributed by atoms with van der Waals surface area (Å²) in [4.78, 5) is 11.6. The van der Waals surface area contributed by atoms with Gasteiger partial charge in [0, 0.05) is 25.8 Å². The Kier molecular flexibility index (Phi) is 6.72. The summed E-state index contributed by atoms with van der Waals surface area (Å²) in [6.45, 7) is 2.18. The molecule has 0 radical (unpaired) electrons. The van der Waals surface area contributed by atoms with Crippen molar-refractivity contribution in [1.82, 2.24) is 10.6 Å². The van der Waals surface area contributed by atoms with Gasteiger partial charge in [-0.3, -0.25) is 4.79 Å². The summed E-state index contributed by atoms with van der Waals surface area (Å²) in [6.07, 6.45) is 0. The monoisotopic (exact) mass is 297 g/mol. The minimum atomic E-state index is -0.814. The van der Waals surface area contributed by atoms with Gasteiger partial charge < -0.3 is 15.4 Å². The number of amides is 1. The van der Waals surface area contributed by atoms with Gasteiger partial charge in [-0.15, -0.1) is 0 Å². The number of carbonyl (C=O) groups is 1. The number of benzene rings is 1. The second-order valence-corrected chi connectivity index (χ2v) is 4.42. The summed E-state index contributed by atoms with van der Waals surface area (Å²) in [6, 6.07) is 2.98. The van der Waals surface area contributed by atoms with Crippen LogP contribution in [0.4, 0.5) is 8.78 Å². The zero-order valence-electron chi connectivity index (χ0n) is 11.9. The number of ether oxygens (including phenoxy) is 1. The molecule has 0 aliphatic heterocycles. The van der Waals surface area contributed by atoms with Crippen LogP contribution in [0.2, 0.25) is 0 Å². The number of methoxy groups -OCH3 is 1. The van der Waals surface area contributed by atoms with Gasteiger partial charge in [-0.05, 0) is 19.1 Å². The highest BCUT2D eigenvalue weighted by atomic mass is 19.1. The molecule has 21 heavy (non-hydrogen) atoms. The number of nitrogens with zero attached hydrogens (tertiary/aromatic N) is 1. The lowest BCUT2D eigenvalue weighted by atomic mass is 10.1. The van der Waals surface area contributed by atoms with Crippen molar-refractivity contribution in [3.63, 3.8) is 0 Å². The molecule has 0 aliphatic rings. The Bertz CT molecular complexity index is 521. The first-order valence-electron chi connectivity index (χ1n) is 6.37. The molecular formula is C14H17F2N3O2. The fourth-order valence-electron chi connectivity index (χ4n) is 1.61. The molecule has 0 aliphatic carbocycles. The Balaban J connectivity index is 2.59. The number of halogens is 2. The highest BCUT2D eigenvalue weighted by Crippen LogP contribution is 2.15. The first kappa shape index (κ1) is 17.0. The van der Waals surface area contributed by atoms with Crippen molar-refractivity contribution < 1.29 is 18.3 Å². The van der Waals surface area contributed by atoms with Gasteiger partial charge in [0.2, 0.25) is 5.91 Å². The van der Waals surface area contributed by atoms with Crippen LogP contribution in [-0.4, -0.2) is 32.2 Å². The van der Waals surface area contributed by atoms with E-state index in [4.69, 9.17) is 10.00 Å². The zero-order chi connectivity index (χ0) is 15.8. The molecule has 0 aromatic heterocycles. The number of carbonyl (C=O) groups excluding carboxylic acids is 1. The minimum absolute atomic E-state index is 0.0842. The van der Waals surface area contributed by atoms with Crippen LogP contribution in [-0.2, 0) is 16.1 Å². The summed E-state index contributed by atoms with van der Waals surface area (Å²) >= 11 is 0. The lowest BCUT2D eigenvalue weighted by Gasteiger charge is -2.14. The number of hydrogen-bond donors (Lipinski definition) is 2. The van der Waals surface area contributed by atoms with Crippen molar-refractivity contribution >= 4 is 5.91 Å². The Labute approximate surface area is 121 Å². The first-order chi connectivity index (χ1) is 9.99. The molecule has 0 saturated heterocycles. The van der Waals surface area contributed by atoms with E-state index in [0.717, 1.165) is 12.1 Å². The molecule has 2 N–H and O–H groups in total. The fourth-order valence-corrected chi connectivity index (χ4v) is 1.61. The van der Waals surface area contributed by atoms with Crippen LogP contribution in [0.1, 0.15) is 18.1 Å². The highest BCUT2D eigenvalue weighted by Gasteiger charge is 2.15.